The van der Waals surface area contributed by atoms with Crippen molar-refractivity contribution >= 4 is 0 Å². The summed E-state index contributed by atoms with van der Waals surface area (Å²) in [6, 6.07) is 9.94. The topological polar surface area (TPSA) is 44.5 Å². The Morgan fingerprint density at radius 3 is 2.70 bits per heavy atom. The summed E-state index contributed by atoms with van der Waals surface area (Å²) in [7, 11) is 0. The maximum absolute atomic E-state index is 13.2. The van der Waals surface area contributed by atoms with Crippen LogP contribution in [-0.2, 0) is 0 Å². The number of ether oxygens (including phenoxy) is 2. The Morgan fingerprint density at radius 1 is 1.10 bits per heavy atom. The van der Waals surface area contributed by atoms with Gasteiger partial charge >= 0.3 is 0 Å². The number of aryl methyl sites for hydroxylation is 1. The van der Waals surface area contributed by atoms with Gasteiger partial charge in [-0.25, -0.2) is 4.39 Å². The van der Waals surface area contributed by atoms with Crippen molar-refractivity contribution in [3.05, 3.63) is 58.9 Å². The molecule has 1 unspecified atom stereocenters. The third-order valence-electron chi connectivity index (χ3n) is 3.50. The second kappa shape index (κ2) is 5.13. The van der Waals surface area contributed by atoms with E-state index in [9.17, 15) is 4.39 Å². The van der Waals surface area contributed by atoms with Gasteiger partial charge in [-0.05, 0) is 36.2 Å². The first kappa shape index (κ1) is 12.9. The van der Waals surface area contributed by atoms with E-state index in [0.717, 1.165) is 16.7 Å². The molecule has 0 bridgehead atoms. The third-order valence-corrected chi connectivity index (χ3v) is 3.50. The monoisotopic (exact) mass is 273 g/mol. The number of rotatable bonds is 2. The Balaban J connectivity index is 2.04. The molecule has 1 aliphatic rings. The number of para-hydroxylation sites is 1. The summed E-state index contributed by atoms with van der Waals surface area (Å²) in [6.07, 6.45) is 0. The minimum absolute atomic E-state index is 0.256. The molecule has 3 nitrogen and oxygen atoms in total. The molecule has 2 N–H and O–H groups in total. The zero-order valence-corrected chi connectivity index (χ0v) is 11.2. The maximum atomic E-state index is 13.2. The summed E-state index contributed by atoms with van der Waals surface area (Å²) in [4.78, 5) is 0. The van der Waals surface area contributed by atoms with Crippen LogP contribution in [0.3, 0.4) is 0 Å². The van der Waals surface area contributed by atoms with E-state index in [0.29, 0.717) is 24.7 Å². The molecule has 0 spiro atoms. The first-order valence-electron chi connectivity index (χ1n) is 6.57. The highest BCUT2D eigenvalue weighted by atomic mass is 19.1. The van der Waals surface area contributed by atoms with Crippen molar-refractivity contribution in [3.63, 3.8) is 0 Å². The van der Waals surface area contributed by atoms with E-state index in [1.54, 1.807) is 6.07 Å². The van der Waals surface area contributed by atoms with Gasteiger partial charge in [-0.2, -0.15) is 0 Å². The minimum Gasteiger partial charge on any atom is -0.486 e. The summed E-state index contributed by atoms with van der Waals surface area (Å²) in [5, 5.41) is 0. The molecular formula is C16H16FNO2. The van der Waals surface area contributed by atoms with E-state index >= 15 is 0 Å². The van der Waals surface area contributed by atoms with Gasteiger partial charge in [-0.3, -0.25) is 0 Å². The maximum Gasteiger partial charge on any atom is 0.166 e. The first-order valence-corrected chi connectivity index (χ1v) is 6.57. The molecule has 1 aliphatic heterocycles. The quantitative estimate of drug-likeness (QED) is 0.915. The van der Waals surface area contributed by atoms with Crippen LogP contribution in [0.1, 0.15) is 22.7 Å². The van der Waals surface area contributed by atoms with E-state index < -0.39 is 0 Å². The van der Waals surface area contributed by atoms with Gasteiger partial charge in [0, 0.05) is 5.56 Å². The Morgan fingerprint density at radius 2 is 1.90 bits per heavy atom. The fourth-order valence-corrected chi connectivity index (χ4v) is 2.50. The molecule has 0 amide bonds. The van der Waals surface area contributed by atoms with Crippen LogP contribution in [-0.4, -0.2) is 13.2 Å². The van der Waals surface area contributed by atoms with Crippen LogP contribution in [0.15, 0.2) is 36.4 Å². The van der Waals surface area contributed by atoms with Crippen molar-refractivity contribution in [2.45, 2.75) is 13.0 Å². The molecule has 2 aromatic carbocycles. The fourth-order valence-electron chi connectivity index (χ4n) is 2.50. The van der Waals surface area contributed by atoms with Crippen molar-refractivity contribution < 1.29 is 13.9 Å². The number of benzene rings is 2. The van der Waals surface area contributed by atoms with Crippen LogP contribution in [0, 0.1) is 12.7 Å². The lowest BCUT2D eigenvalue weighted by atomic mass is 9.94. The summed E-state index contributed by atoms with van der Waals surface area (Å²) >= 11 is 0. The third kappa shape index (κ3) is 2.23. The van der Waals surface area contributed by atoms with Crippen LogP contribution in [0.25, 0.3) is 0 Å². The van der Waals surface area contributed by atoms with E-state index in [2.05, 4.69) is 0 Å². The lowest BCUT2D eigenvalue weighted by Gasteiger charge is -2.24. The molecule has 0 aliphatic carbocycles. The molecular weight excluding hydrogens is 257 g/mol. The number of hydrogen-bond acceptors (Lipinski definition) is 3. The van der Waals surface area contributed by atoms with E-state index in [1.165, 1.54) is 12.1 Å². The minimum atomic E-state index is -0.368. The van der Waals surface area contributed by atoms with Crippen molar-refractivity contribution in [3.8, 4) is 11.5 Å². The second-order valence-electron chi connectivity index (χ2n) is 4.85. The zero-order chi connectivity index (χ0) is 14.1. The molecule has 1 heterocycles. The smallest absolute Gasteiger partial charge is 0.166 e. The number of fused-ring (bicyclic) bond motifs is 1. The summed E-state index contributed by atoms with van der Waals surface area (Å²) < 4.78 is 24.4. The van der Waals surface area contributed by atoms with Gasteiger partial charge in [0.25, 0.3) is 0 Å². The van der Waals surface area contributed by atoms with Crippen molar-refractivity contribution in [1.29, 1.82) is 0 Å². The SMILES string of the molecule is Cc1cc(F)ccc1C(N)c1cccc2c1OCCO2. The summed E-state index contributed by atoms with van der Waals surface area (Å²) in [5.41, 5.74) is 8.90. The van der Waals surface area contributed by atoms with E-state index in [1.807, 2.05) is 25.1 Å². The first-order chi connectivity index (χ1) is 9.66. The van der Waals surface area contributed by atoms with Gasteiger partial charge in [0.2, 0.25) is 0 Å². The number of halogens is 1. The van der Waals surface area contributed by atoms with Gasteiger partial charge in [0.1, 0.15) is 19.0 Å². The molecule has 1 atom stereocenters. The predicted octanol–water partition coefficient (Wildman–Crippen LogP) is 2.95. The lowest BCUT2D eigenvalue weighted by Crippen LogP contribution is -2.20. The molecule has 0 fully saturated rings. The normalized spacial score (nSPS) is 14.9. The Labute approximate surface area is 117 Å². The highest BCUT2D eigenvalue weighted by Gasteiger charge is 2.21. The molecule has 4 heteroatoms. The molecule has 2 aromatic rings. The average molecular weight is 273 g/mol. The zero-order valence-electron chi connectivity index (χ0n) is 11.2. The Hall–Kier alpha value is -2.07. The summed E-state index contributed by atoms with van der Waals surface area (Å²) in [6.45, 7) is 2.91. The van der Waals surface area contributed by atoms with E-state index in [4.69, 9.17) is 15.2 Å². The van der Waals surface area contributed by atoms with Crippen molar-refractivity contribution in [2.75, 3.05) is 13.2 Å². The molecule has 104 valence electrons. The van der Waals surface area contributed by atoms with Crippen molar-refractivity contribution in [1.82, 2.24) is 0 Å². The van der Waals surface area contributed by atoms with Crippen molar-refractivity contribution in [2.24, 2.45) is 5.73 Å². The standard InChI is InChI=1S/C16H16FNO2/c1-10-9-11(17)5-6-12(10)15(18)13-3-2-4-14-16(13)20-8-7-19-14/h2-6,9,15H,7-8,18H2,1H3. The largest absolute Gasteiger partial charge is 0.486 e. The van der Waals surface area contributed by atoms with Gasteiger partial charge in [-0.1, -0.05) is 18.2 Å². The van der Waals surface area contributed by atoms with Crippen LogP contribution in [0.5, 0.6) is 11.5 Å². The fraction of sp³-hybridized carbons (Fsp3) is 0.250. The van der Waals surface area contributed by atoms with Gasteiger partial charge in [-0.15, -0.1) is 0 Å². The average Bonchev–Trinajstić information content (AvgIpc) is 2.46. The van der Waals surface area contributed by atoms with Gasteiger partial charge < -0.3 is 15.2 Å². The second-order valence-corrected chi connectivity index (χ2v) is 4.85. The molecule has 0 radical (unpaired) electrons. The van der Waals surface area contributed by atoms with Crippen LogP contribution >= 0.6 is 0 Å². The molecule has 0 saturated carbocycles. The lowest BCUT2D eigenvalue weighted by molar-refractivity contribution is 0.169. The van der Waals surface area contributed by atoms with Crippen LogP contribution in [0.2, 0.25) is 0 Å². The van der Waals surface area contributed by atoms with Crippen LogP contribution in [0.4, 0.5) is 4.39 Å². The number of nitrogens with two attached hydrogens (primary N) is 1. The van der Waals surface area contributed by atoms with Gasteiger partial charge in [0.05, 0.1) is 6.04 Å². The van der Waals surface area contributed by atoms with E-state index in [-0.39, 0.29) is 11.9 Å². The van der Waals surface area contributed by atoms with Gasteiger partial charge in [0.15, 0.2) is 11.5 Å². The summed E-state index contributed by atoms with van der Waals surface area (Å²) in [5.74, 6) is 1.15. The predicted molar refractivity (Wildman–Crippen MR) is 74.6 cm³/mol. The Kier molecular flexibility index (Phi) is 3.32. The molecule has 0 aromatic heterocycles. The highest BCUT2D eigenvalue weighted by Crippen LogP contribution is 2.38. The van der Waals surface area contributed by atoms with Crippen LogP contribution < -0.4 is 15.2 Å². The molecule has 3 rings (SSSR count). The Bertz CT molecular complexity index is 642. The molecule has 0 saturated heterocycles. The molecule has 20 heavy (non-hydrogen) atoms. The number of hydrogen-bond donors (Lipinski definition) is 1. The highest BCUT2D eigenvalue weighted by molar-refractivity contribution is 5.52.